The first-order valence-electron chi connectivity index (χ1n) is 14.0. The van der Waals surface area contributed by atoms with E-state index in [9.17, 15) is 25.6 Å². The Morgan fingerprint density at radius 1 is 0.617 bits per heavy atom. The Morgan fingerprint density at radius 2 is 1.09 bits per heavy atom. The van der Waals surface area contributed by atoms with Crippen LogP contribution < -0.4 is 10.3 Å². The van der Waals surface area contributed by atoms with Gasteiger partial charge in [-0.2, -0.15) is 0 Å². The number of rotatable bonds is 8. The summed E-state index contributed by atoms with van der Waals surface area (Å²) in [6.07, 6.45) is -2.15. The van der Waals surface area contributed by atoms with Crippen molar-refractivity contribution in [1.82, 2.24) is 10.3 Å². The van der Waals surface area contributed by atoms with Crippen LogP contribution in [-0.4, -0.2) is 27.1 Å². The molecule has 4 N–H and O–H groups in total. The normalized spacial score (nSPS) is 11.7. The van der Waals surface area contributed by atoms with E-state index in [1.807, 2.05) is 37.3 Å². The van der Waals surface area contributed by atoms with Crippen LogP contribution in [0, 0.1) is 0 Å². The summed E-state index contributed by atoms with van der Waals surface area (Å²) in [5.74, 6) is 0.100. The molecule has 0 spiro atoms. The molecule has 0 bridgehead atoms. The summed E-state index contributed by atoms with van der Waals surface area (Å²) in [5.41, 5.74) is 4.81. The first-order valence-corrected chi connectivity index (χ1v) is 17.1. The van der Waals surface area contributed by atoms with Crippen molar-refractivity contribution in [3.05, 3.63) is 121 Å². The average Bonchev–Trinajstić information content (AvgIpc) is 3.71. The van der Waals surface area contributed by atoms with Crippen molar-refractivity contribution in [2.45, 2.75) is 29.6 Å². The fourth-order valence-corrected chi connectivity index (χ4v) is 5.83. The van der Waals surface area contributed by atoms with Gasteiger partial charge < -0.3 is 9.05 Å². The first kappa shape index (κ1) is 33.3. The zero-order valence-electron chi connectivity index (χ0n) is 24.7. The number of primary sulfonamides is 2. The highest BCUT2D eigenvalue weighted by Crippen LogP contribution is 2.39. The van der Waals surface area contributed by atoms with Crippen LogP contribution in [0.3, 0.4) is 0 Å². The van der Waals surface area contributed by atoms with Gasteiger partial charge in [0.15, 0.2) is 5.76 Å². The van der Waals surface area contributed by atoms with Gasteiger partial charge in [0.1, 0.15) is 5.69 Å². The molecule has 6 aromatic rings. The Morgan fingerprint density at radius 3 is 1.53 bits per heavy atom. The third kappa shape index (κ3) is 7.52. The molecule has 0 atom stereocenters. The predicted octanol–water partition coefficient (Wildman–Crippen LogP) is 6.81. The highest BCUT2D eigenvalue weighted by molar-refractivity contribution is 7.89. The van der Waals surface area contributed by atoms with E-state index >= 15 is 0 Å². The molecule has 242 valence electrons. The van der Waals surface area contributed by atoms with Crippen LogP contribution >= 0.6 is 0 Å². The SMILES string of the molecule is CCc1noc(-c2ccccc2)c1-c1ccc(S(N)(=O)=O)cc1.NS(=O)(=O)c1ccc(-c2c(-c3ccccc3)noc2C(F)F)cc1. The van der Waals surface area contributed by atoms with Crippen molar-refractivity contribution in [1.29, 1.82) is 0 Å². The molecule has 0 amide bonds. The molecule has 0 saturated carbocycles. The molecular formula is C33H28F2N4O6S2. The molecule has 6 rings (SSSR count). The number of aryl methyl sites for hydroxylation is 1. The molecule has 47 heavy (non-hydrogen) atoms. The third-order valence-corrected chi connectivity index (χ3v) is 8.90. The lowest BCUT2D eigenvalue weighted by Crippen LogP contribution is -2.11. The van der Waals surface area contributed by atoms with E-state index in [0.29, 0.717) is 23.3 Å². The minimum Gasteiger partial charge on any atom is -0.355 e. The van der Waals surface area contributed by atoms with E-state index in [1.165, 1.54) is 36.4 Å². The first-order chi connectivity index (χ1) is 22.4. The maximum absolute atomic E-state index is 13.3. The minimum absolute atomic E-state index is 0.0806. The molecule has 2 aromatic heterocycles. The Hall–Kier alpha value is -5.02. The van der Waals surface area contributed by atoms with Gasteiger partial charge >= 0.3 is 0 Å². The Kier molecular flexibility index (Phi) is 9.77. The summed E-state index contributed by atoms with van der Waals surface area (Å²) < 4.78 is 82.3. The molecule has 0 radical (unpaired) electrons. The monoisotopic (exact) mass is 678 g/mol. The molecule has 0 aliphatic rings. The van der Waals surface area contributed by atoms with Crippen LogP contribution in [0.25, 0.3) is 44.8 Å². The van der Waals surface area contributed by atoms with Crippen LogP contribution in [0.4, 0.5) is 8.78 Å². The number of alkyl halides is 2. The fraction of sp³-hybridized carbons (Fsp3) is 0.0909. The Labute approximate surface area is 269 Å². The molecule has 2 heterocycles. The van der Waals surface area contributed by atoms with Crippen molar-refractivity contribution in [3.8, 4) is 44.8 Å². The second-order valence-corrected chi connectivity index (χ2v) is 13.3. The zero-order valence-corrected chi connectivity index (χ0v) is 26.4. The summed E-state index contributed by atoms with van der Waals surface area (Å²) >= 11 is 0. The lowest BCUT2D eigenvalue weighted by molar-refractivity contribution is 0.113. The molecule has 0 fully saturated rings. The molecule has 10 nitrogen and oxygen atoms in total. The second-order valence-electron chi connectivity index (χ2n) is 10.1. The lowest BCUT2D eigenvalue weighted by atomic mass is 9.99. The van der Waals surface area contributed by atoms with E-state index < -0.39 is 32.2 Å². The van der Waals surface area contributed by atoms with Gasteiger partial charge in [-0.3, -0.25) is 0 Å². The number of nitrogens with two attached hydrogens (primary N) is 2. The highest BCUT2D eigenvalue weighted by atomic mass is 32.2. The van der Waals surface area contributed by atoms with E-state index in [2.05, 4.69) is 10.3 Å². The summed E-state index contributed by atoms with van der Waals surface area (Å²) in [6, 6.07) is 30.1. The molecule has 4 aromatic carbocycles. The van der Waals surface area contributed by atoms with Crippen molar-refractivity contribution in [2.24, 2.45) is 10.3 Å². The van der Waals surface area contributed by atoms with Crippen molar-refractivity contribution in [3.63, 3.8) is 0 Å². The van der Waals surface area contributed by atoms with E-state index in [4.69, 9.17) is 19.3 Å². The maximum atomic E-state index is 13.3. The van der Waals surface area contributed by atoms with Gasteiger partial charge in [-0.15, -0.1) is 0 Å². The van der Waals surface area contributed by atoms with E-state index in [1.54, 1.807) is 42.5 Å². The zero-order chi connectivity index (χ0) is 33.8. The lowest BCUT2D eigenvalue weighted by Gasteiger charge is -2.06. The number of halogens is 2. The summed E-state index contributed by atoms with van der Waals surface area (Å²) in [6.45, 7) is 1.99. The maximum Gasteiger partial charge on any atom is 0.298 e. The van der Waals surface area contributed by atoms with E-state index in [-0.39, 0.29) is 21.0 Å². The van der Waals surface area contributed by atoms with E-state index in [0.717, 1.165) is 22.4 Å². The smallest absolute Gasteiger partial charge is 0.298 e. The molecule has 0 unspecified atom stereocenters. The molecule has 0 aliphatic heterocycles. The predicted molar refractivity (Wildman–Crippen MR) is 172 cm³/mol. The number of sulfonamides is 2. The highest BCUT2D eigenvalue weighted by Gasteiger charge is 2.26. The molecule has 0 saturated heterocycles. The summed E-state index contributed by atoms with van der Waals surface area (Å²) in [4.78, 5) is -0.0282. The summed E-state index contributed by atoms with van der Waals surface area (Å²) in [5, 5.41) is 18.1. The Balaban J connectivity index is 0.000000185. The van der Waals surface area contributed by atoms with Gasteiger partial charge in [-0.25, -0.2) is 35.9 Å². The van der Waals surface area contributed by atoms with Crippen LogP contribution in [0.2, 0.25) is 0 Å². The van der Waals surface area contributed by atoms with Crippen LogP contribution in [0.15, 0.2) is 128 Å². The van der Waals surface area contributed by atoms with Crippen molar-refractivity contribution in [2.75, 3.05) is 0 Å². The number of benzene rings is 4. The van der Waals surface area contributed by atoms with Gasteiger partial charge in [-0.1, -0.05) is 102 Å². The quantitative estimate of drug-likeness (QED) is 0.177. The largest absolute Gasteiger partial charge is 0.355 e. The van der Waals surface area contributed by atoms with Crippen LogP contribution in [0.1, 0.15) is 24.8 Å². The topological polar surface area (TPSA) is 172 Å². The molecular weight excluding hydrogens is 651 g/mol. The number of aromatic nitrogens is 2. The fourth-order valence-electron chi connectivity index (χ4n) is 4.80. The number of hydrogen-bond donors (Lipinski definition) is 2. The van der Waals surface area contributed by atoms with Crippen LogP contribution in [-0.2, 0) is 26.5 Å². The van der Waals surface area contributed by atoms with Gasteiger partial charge in [0, 0.05) is 11.1 Å². The van der Waals surface area contributed by atoms with Crippen molar-refractivity contribution < 1.29 is 34.7 Å². The average molecular weight is 679 g/mol. The minimum atomic E-state index is -3.86. The van der Waals surface area contributed by atoms with Crippen molar-refractivity contribution >= 4 is 20.0 Å². The molecule has 14 heteroatoms. The molecule has 0 aliphatic carbocycles. The van der Waals surface area contributed by atoms with Gasteiger partial charge in [0.25, 0.3) is 6.43 Å². The Bertz CT molecular complexity index is 2190. The third-order valence-electron chi connectivity index (χ3n) is 7.04. The van der Waals surface area contributed by atoms with Gasteiger partial charge in [-0.05, 0) is 41.8 Å². The number of nitrogens with zero attached hydrogens (tertiary/aromatic N) is 2. The van der Waals surface area contributed by atoms with Gasteiger partial charge in [0.05, 0.1) is 26.6 Å². The second kappa shape index (κ2) is 13.8. The number of hydrogen-bond acceptors (Lipinski definition) is 8. The van der Waals surface area contributed by atoms with Gasteiger partial charge in [0.2, 0.25) is 25.8 Å². The van der Waals surface area contributed by atoms with Crippen LogP contribution in [0.5, 0.6) is 0 Å². The standard InChI is InChI=1S/C17H16N2O3S.C16H12F2N2O3S/c1-2-15-16(12-8-10-14(11-9-12)23(18,20)21)17(22-19-15)13-6-4-3-5-7-13;17-16(18)15-13(10-6-8-12(9-7-10)24(19,21)22)14(20-23-15)11-4-2-1-3-5-11/h3-11H,2H2,1H3,(H2,18,20,21);1-9,16H,(H2,19,21,22). The summed E-state index contributed by atoms with van der Waals surface area (Å²) in [7, 11) is -7.57.